The topological polar surface area (TPSA) is 45.5 Å². The molecule has 0 aliphatic heterocycles. The Kier molecular flexibility index (Phi) is 7.07. The third kappa shape index (κ3) is 5.68. The average Bonchev–Trinajstić information content (AvgIpc) is 2.97. The highest BCUT2D eigenvalue weighted by molar-refractivity contribution is 6.55. The Morgan fingerprint density at radius 1 is 0.931 bits per heavy atom. The molecule has 0 saturated heterocycles. The molecule has 1 heterocycles. The molecule has 0 aliphatic rings. The fourth-order valence-electron chi connectivity index (χ4n) is 2.84. The predicted octanol–water partition coefficient (Wildman–Crippen LogP) is 6.57. The van der Waals surface area contributed by atoms with Gasteiger partial charge in [-0.15, -0.1) is 0 Å². The molecular formula is C22H22Cl2N2O3. The highest BCUT2D eigenvalue weighted by Crippen LogP contribution is 2.30. The van der Waals surface area contributed by atoms with Gasteiger partial charge in [0.2, 0.25) is 5.88 Å². The van der Waals surface area contributed by atoms with Crippen molar-refractivity contribution in [2.75, 3.05) is 6.61 Å². The first-order chi connectivity index (χ1) is 14.0. The molecule has 0 fully saturated rings. The summed E-state index contributed by atoms with van der Waals surface area (Å²) in [4.78, 5) is 0. The molecule has 3 aromatic rings. The Hall–Kier alpha value is -2.63. The highest BCUT2D eigenvalue weighted by atomic mass is 35.5. The third-order valence-electron chi connectivity index (χ3n) is 4.23. The van der Waals surface area contributed by atoms with Crippen LogP contribution in [0.2, 0.25) is 0 Å². The van der Waals surface area contributed by atoms with Gasteiger partial charge in [-0.2, -0.15) is 5.10 Å². The van der Waals surface area contributed by atoms with Gasteiger partial charge in [0.25, 0.3) is 0 Å². The molecular weight excluding hydrogens is 411 g/mol. The van der Waals surface area contributed by atoms with Gasteiger partial charge in [-0.25, -0.2) is 4.68 Å². The molecule has 29 heavy (non-hydrogen) atoms. The molecule has 0 unspecified atom stereocenters. The van der Waals surface area contributed by atoms with E-state index in [1.807, 2.05) is 62.5 Å². The van der Waals surface area contributed by atoms with E-state index in [2.05, 4.69) is 12.0 Å². The molecule has 0 aliphatic carbocycles. The first kappa shape index (κ1) is 21.1. The van der Waals surface area contributed by atoms with Crippen LogP contribution in [0.25, 0.3) is 0 Å². The first-order valence-electron chi connectivity index (χ1n) is 9.18. The molecule has 7 heteroatoms. The van der Waals surface area contributed by atoms with Crippen molar-refractivity contribution in [3.8, 4) is 28.9 Å². The molecule has 0 radical (unpaired) electrons. The summed E-state index contributed by atoms with van der Waals surface area (Å²) in [6.07, 6.45) is 2.44. The Morgan fingerprint density at radius 2 is 1.45 bits per heavy atom. The van der Waals surface area contributed by atoms with E-state index in [1.54, 1.807) is 10.8 Å². The molecule has 0 saturated carbocycles. The van der Waals surface area contributed by atoms with Crippen LogP contribution in [0, 0.1) is 6.92 Å². The normalized spacial score (nSPS) is 10.5. The number of aromatic nitrogens is 2. The number of hydrogen-bond acceptors (Lipinski definition) is 4. The minimum absolute atomic E-state index is 0.182. The molecule has 0 spiro atoms. The van der Waals surface area contributed by atoms with Crippen molar-refractivity contribution in [3.05, 3.63) is 70.4 Å². The molecule has 1 aromatic heterocycles. The minimum Gasteiger partial charge on any atom is -0.489 e. The van der Waals surface area contributed by atoms with Crippen molar-refractivity contribution in [1.29, 1.82) is 0 Å². The maximum absolute atomic E-state index is 6.03. The lowest BCUT2D eigenvalue weighted by Gasteiger charge is -2.10. The maximum Gasteiger partial charge on any atom is 0.221 e. The second-order valence-electron chi connectivity index (χ2n) is 6.30. The monoisotopic (exact) mass is 432 g/mol. The van der Waals surface area contributed by atoms with Crippen LogP contribution in [0.5, 0.6) is 28.9 Å². The molecule has 0 amide bonds. The van der Waals surface area contributed by atoms with Crippen molar-refractivity contribution in [2.24, 2.45) is 7.05 Å². The third-order valence-corrected chi connectivity index (χ3v) is 4.54. The lowest BCUT2D eigenvalue weighted by molar-refractivity contribution is 0.362. The summed E-state index contributed by atoms with van der Waals surface area (Å²) in [6.45, 7) is 4.39. The Labute approximate surface area is 180 Å². The fraction of sp³-hybridized carbons (Fsp3) is 0.227. The number of nitrogens with zero attached hydrogens (tertiary/aromatic N) is 2. The molecule has 3 rings (SSSR count). The van der Waals surface area contributed by atoms with E-state index in [1.165, 1.54) is 0 Å². The maximum atomic E-state index is 6.03. The molecule has 2 aromatic carbocycles. The minimum atomic E-state index is 0.182. The van der Waals surface area contributed by atoms with Crippen molar-refractivity contribution in [3.63, 3.8) is 0 Å². The smallest absolute Gasteiger partial charge is 0.221 e. The van der Waals surface area contributed by atoms with Crippen molar-refractivity contribution in [2.45, 2.75) is 20.3 Å². The van der Waals surface area contributed by atoms with Gasteiger partial charge in [-0.3, -0.25) is 0 Å². The average molecular weight is 433 g/mol. The zero-order valence-electron chi connectivity index (χ0n) is 16.5. The molecule has 152 valence electrons. The summed E-state index contributed by atoms with van der Waals surface area (Å²) in [6, 6.07) is 14.8. The summed E-state index contributed by atoms with van der Waals surface area (Å²) in [5.41, 5.74) is 2.10. The van der Waals surface area contributed by atoms with Crippen molar-refractivity contribution < 1.29 is 14.2 Å². The number of benzene rings is 2. The van der Waals surface area contributed by atoms with Crippen LogP contribution < -0.4 is 14.2 Å². The van der Waals surface area contributed by atoms with E-state index < -0.39 is 0 Å². The van der Waals surface area contributed by atoms with Gasteiger partial charge >= 0.3 is 0 Å². The number of halogens is 2. The van der Waals surface area contributed by atoms with Crippen LogP contribution in [-0.4, -0.2) is 16.4 Å². The summed E-state index contributed by atoms with van der Waals surface area (Å²) in [5, 5.41) is 4.43. The zero-order chi connectivity index (χ0) is 20.8. The summed E-state index contributed by atoms with van der Waals surface area (Å²) >= 11 is 11.1. The standard InChI is InChI=1S/C22H22Cl2N2O3/c1-4-20-15(2)25-26(3)22(20)29-19-11-9-18(10-12-19)28-17-7-5-16(6-8-17)27-14-13-21(23)24/h5-13H,4,14H2,1-3H3. The van der Waals surface area contributed by atoms with Gasteiger partial charge in [0, 0.05) is 12.6 Å². The van der Waals surface area contributed by atoms with E-state index in [0.29, 0.717) is 23.9 Å². The van der Waals surface area contributed by atoms with Crippen LogP contribution in [0.3, 0.4) is 0 Å². The molecule has 0 bridgehead atoms. The molecule has 0 N–H and O–H groups in total. The lowest BCUT2D eigenvalue weighted by Crippen LogP contribution is -1.96. The van der Waals surface area contributed by atoms with E-state index >= 15 is 0 Å². The van der Waals surface area contributed by atoms with Crippen molar-refractivity contribution in [1.82, 2.24) is 9.78 Å². The SMILES string of the molecule is CCc1c(C)nn(C)c1Oc1ccc(Oc2ccc(OCC=C(Cl)Cl)cc2)cc1. The van der Waals surface area contributed by atoms with Crippen molar-refractivity contribution >= 4 is 23.2 Å². The number of rotatable bonds is 8. The second kappa shape index (κ2) is 9.72. The van der Waals surface area contributed by atoms with Crippen LogP contribution in [0.1, 0.15) is 18.2 Å². The Balaban J connectivity index is 1.61. The summed E-state index contributed by atoms with van der Waals surface area (Å²) in [5.74, 6) is 3.60. The second-order valence-corrected chi connectivity index (χ2v) is 7.31. The Bertz CT molecular complexity index is 977. The largest absolute Gasteiger partial charge is 0.489 e. The van der Waals surface area contributed by atoms with E-state index in [9.17, 15) is 0 Å². The van der Waals surface area contributed by atoms with Gasteiger partial charge < -0.3 is 14.2 Å². The number of aryl methyl sites for hydroxylation is 2. The zero-order valence-corrected chi connectivity index (χ0v) is 18.0. The molecule has 0 atom stereocenters. The van der Waals surface area contributed by atoms with Crippen LogP contribution in [0.15, 0.2) is 59.1 Å². The van der Waals surface area contributed by atoms with Gasteiger partial charge in [0.05, 0.1) is 5.69 Å². The summed E-state index contributed by atoms with van der Waals surface area (Å²) < 4.78 is 19.3. The van der Waals surface area contributed by atoms with Gasteiger partial charge in [-0.1, -0.05) is 30.1 Å². The predicted molar refractivity (Wildman–Crippen MR) is 116 cm³/mol. The number of ether oxygens (including phenoxy) is 3. The summed E-state index contributed by atoms with van der Waals surface area (Å²) in [7, 11) is 1.88. The lowest BCUT2D eigenvalue weighted by atomic mass is 10.2. The number of hydrogen-bond donors (Lipinski definition) is 0. The van der Waals surface area contributed by atoms with Gasteiger partial charge in [0.15, 0.2) is 0 Å². The van der Waals surface area contributed by atoms with Crippen LogP contribution in [0.4, 0.5) is 0 Å². The highest BCUT2D eigenvalue weighted by Gasteiger charge is 2.13. The van der Waals surface area contributed by atoms with Crippen LogP contribution in [-0.2, 0) is 13.5 Å². The fourth-order valence-corrected chi connectivity index (χ4v) is 2.97. The molecule has 5 nitrogen and oxygen atoms in total. The van der Waals surface area contributed by atoms with Crippen LogP contribution >= 0.6 is 23.2 Å². The van der Waals surface area contributed by atoms with E-state index in [4.69, 9.17) is 37.4 Å². The van der Waals surface area contributed by atoms with Gasteiger partial charge in [-0.05, 0) is 68.0 Å². The van der Waals surface area contributed by atoms with E-state index in [0.717, 1.165) is 29.3 Å². The first-order valence-corrected chi connectivity index (χ1v) is 9.94. The van der Waals surface area contributed by atoms with E-state index in [-0.39, 0.29) is 4.49 Å². The van der Waals surface area contributed by atoms with Gasteiger partial charge in [0.1, 0.15) is 34.1 Å². The Morgan fingerprint density at radius 3 is 1.97 bits per heavy atom. The quantitative estimate of drug-likeness (QED) is 0.403.